The van der Waals surface area contributed by atoms with Gasteiger partial charge in [-0.05, 0) is 85.4 Å². The largest absolute Gasteiger partial charge is 0.458 e. The van der Waals surface area contributed by atoms with Crippen LogP contribution in [0.2, 0.25) is 0 Å². The van der Waals surface area contributed by atoms with Crippen molar-refractivity contribution in [2.75, 3.05) is 0 Å². The van der Waals surface area contributed by atoms with Crippen molar-refractivity contribution in [2.45, 2.75) is 89.4 Å². The molecular weight excluding hydrogens is 364 g/mol. The Morgan fingerprint density at radius 1 is 1.00 bits per heavy atom. The van der Waals surface area contributed by atoms with Gasteiger partial charge in [-0.2, -0.15) is 0 Å². The Morgan fingerprint density at radius 3 is 2.48 bits per heavy atom. The average Bonchev–Trinajstić information content (AvgIpc) is 3.52. The van der Waals surface area contributed by atoms with Gasteiger partial charge in [0.1, 0.15) is 5.60 Å². The third-order valence-electron chi connectivity index (χ3n) is 12.2. The molecule has 0 bridgehead atoms. The highest BCUT2D eigenvalue weighted by Gasteiger charge is 2.84. The zero-order valence-corrected chi connectivity index (χ0v) is 18.1. The molecule has 6 aliphatic carbocycles. The molecule has 1 spiro atoms. The standard InChI is InChI=1S/C25H36O4/c1-12-18-19-15(22(2)7-4-13(26)11-24(22,28)20(12)18)5-8-23(3)21(19)14-10-16(14)25(23)9-6-17(27)29-25/h12-16,18-21,26,28H,4-11H2,1-3H3/t12-,13+,14-,15?,16+,18-,19?,20-,21?,22-,23+,24-,25+/m1/s1. The fraction of sp³-hybridized carbons (Fsp3) is 0.960. The van der Waals surface area contributed by atoms with Crippen LogP contribution in [0.1, 0.15) is 72.1 Å². The van der Waals surface area contributed by atoms with Crippen molar-refractivity contribution in [1.29, 1.82) is 0 Å². The molecule has 0 radical (unpaired) electrons. The number of aliphatic hydroxyl groups excluding tert-OH is 1. The molecule has 0 aromatic rings. The first kappa shape index (κ1) is 18.0. The van der Waals surface area contributed by atoms with Gasteiger partial charge in [-0.3, -0.25) is 4.79 Å². The van der Waals surface area contributed by atoms with Crippen LogP contribution in [0.4, 0.5) is 0 Å². The van der Waals surface area contributed by atoms with Crippen molar-refractivity contribution in [1.82, 2.24) is 0 Å². The van der Waals surface area contributed by atoms with Crippen molar-refractivity contribution in [2.24, 2.45) is 58.2 Å². The van der Waals surface area contributed by atoms with Gasteiger partial charge < -0.3 is 14.9 Å². The van der Waals surface area contributed by atoms with Gasteiger partial charge >= 0.3 is 5.97 Å². The fourth-order valence-corrected chi connectivity index (χ4v) is 11.1. The van der Waals surface area contributed by atoms with E-state index in [2.05, 4.69) is 20.8 Å². The predicted molar refractivity (Wildman–Crippen MR) is 107 cm³/mol. The fourth-order valence-electron chi connectivity index (χ4n) is 11.1. The molecule has 1 aliphatic heterocycles. The summed E-state index contributed by atoms with van der Waals surface area (Å²) in [5.74, 6) is 4.74. The number of ether oxygens (including phenoxy) is 1. The molecule has 3 unspecified atom stereocenters. The van der Waals surface area contributed by atoms with Crippen LogP contribution in [0, 0.1) is 58.2 Å². The number of carbonyl (C=O) groups excluding carboxylic acids is 1. The molecular formula is C25H36O4. The monoisotopic (exact) mass is 400 g/mol. The lowest BCUT2D eigenvalue weighted by Gasteiger charge is -2.64. The zero-order valence-electron chi connectivity index (χ0n) is 18.1. The Hall–Kier alpha value is -0.610. The molecule has 4 nitrogen and oxygen atoms in total. The molecule has 160 valence electrons. The van der Waals surface area contributed by atoms with E-state index in [1.165, 1.54) is 6.42 Å². The van der Waals surface area contributed by atoms with Crippen molar-refractivity contribution >= 4 is 5.97 Å². The summed E-state index contributed by atoms with van der Waals surface area (Å²) in [5.41, 5.74) is -0.824. The Bertz CT molecular complexity index is 811. The normalized spacial score (nSPS) is 69.0. The van der Waals surface area contributed by atoms with E-state index in [4.69, 9.17) is 4.74 Å². The van der Waals surface area contributed by atoms with Gasteiger partial charge in [-0.25, -0.2) is 0 Å². The Balaban J connectivity index is 1.33. The number of hydrogen-bond donors (Lipinski definition) is 2. The topological polar surface area (TPSA) is 66.8 Å². The second-order valence-electron chi connectivity index (χ2n) is 12.7. The lowest BCUT2D eigenvalue weighted by molar-refractivity contribution is -0.237. The van der Waals surface area contributed by atoms with E-state index in [-0.39, 0.29) is 28.5 Å². The van der Waals surface area contributed by atoms with Crippen LogP contribution in [0.5, 0.6) is 0 Å². The molecule has 7 fully saturated rings. The Labute approximate surface area is 173 Å². The molecule has 6 saturated carbocycles. The number of carbonyl (C=O) groups is 1. The van der Waals surface area contributed by atoms with Gasteiger partial charge in [0.15, 0.2) is 0 Å². The number of rotatable bonds is 0. The summed E-state index contributed by atoms with van der Waals surface area (Å²) < 4.78 is 6.24. The second-order valence-corrected chi connectivity index (χ2v) is 12.7. The molecule has 7 rings (SSSR count). The third kappa shape index (κ3) is 1.72. The van der Waals surface area contributed by atoms with Crippen LogP contribution in [0.15, 0.2) is 0 Å². The molecule has 29 heavy (non-hydrogen) atoms. The molecule has 1 saturated heterocycles. The van der Waals surface area contributed by atoms with Crippen LogP contribution in [-0.2, 0) is 9.53 Å². The summed E-state index contributed by atoms with van der Waals surface area (Å²) in [7, 11) is 0. The van der Waals surface area contributed by atoms with Crippen molar-refractivity contribution < 1.29 is 19.7 Å². The molecule has 4 heteroatoms. The van der Waals surface area contributed by atoms with E-state index in [9.17, 15) is 15.0 Å². The van der Waals surface area contributed by atoms with Gasteiger partial charge in [0, 0.05) is 24.2 Å². The van der Waals surface area contributed by atoms with Crippen molar-refractivity contribution in [3.05, 3.63) is 0 Å². The van der Waals surface area contributed by atoms with E-state index >= 15 is 0 Å². The van der Waals surface area contributed by atoms with Gasteiger partial charge in [-0.1, -0.05) is 20.8 Å². The highest BCUT2D eigenvalue weighted by Crippen LogP contribution is 2.83. The minimum atomic E-state index is -0.692. The van der Waals surface area contributed by atoms with E-state index in [0.29, 0.717) is 54.3 Å². The van der Waals surface area contributed by atoms with Gasteiger partial charge in [-0.15, -0.1) is 0 Å². The smallest absolute Gasteiger partial charge is 0.306 e. The van der Waals surface area contributed by atoms with E-state index < -0.39 is 5.60 Å². The maximum Gasteiger partial charge on any atom is 0.306 e. The van der Waals surface area contributed by atoms with Crippen molar-refractivity contribution in [3.8, 4) is 0 Å². The van der Waals surface area contributed by atoms with Crippen molar-refractivity contribution in [3.63, 3.8) is 0 Å². The van der Waals surface area contributed by atoms with E-state index in [0.717, 1.165) is 38.0 Å². The summed E-state index contributed by atoms with van der Waals surface area (Å²) in [4.78, 5) is 12.2. The first-order chi connectivity index (χ1) is 13.7. The first-order valence-electron chi connectivity index (χ1n) is 12.3. The lowest BCUT2D eigenvalue weighted by atomic mass is 9.42. The second kappa shape index (κ2) is 4.90. The SMILES string of the molecule is C[C@@H]1[C@@H]2C3C4[C@@H]5C[C@@H]5[C@@]5(CCC(=O)O5)[C@@]4(C)CCC3[C@@]3(C)CC[C@H](O)C[C@@]3(O)[C@H]12. The van der Waals surface area contributed by atoms with Crippen LogP contribution in [0.25, 0.3) is 0 Å². The maximum absolute atomic E-state index is 12.2. The van der Waals surface area contributed by atoms with E-state index in [1.54, 1.807) is 0 Å². The lowest BCUT2D eigenvalue weighted by Crippen LogP contribution is -2.65. The summed E-state index contributed by atoms with van der Waals surface area (Å²) >= 11 is 0. The zero-order chi connectivity index (χ0) is 20.1. The molecule has 0 aromatic heterocycles. The minimum absolute atomic E-state index is 0.0311. The maximum atomic E-state index is 12.2. The average molecular weight is 401 g/mol. The van der Waals surface area contributed by atoms with Crippen LogP contribution in [-0.4, -0.2) is 33.5 Å². The molecule has 1 heterocycles. The van der Waals surface area contributed by atoms with Gasteiger partial charge in [0.2, 0.25) is 0 Å². The Kier molecular flexibility index (Phi) is 3.04. The molecule has 13 atom stereocenters. The molecule has 0 aromatic carbocycles. The number of fused-ring (bicyclic) bond motifs is 12. The number of aliphatic hydroxyl groups is 2. The summed E-state index contributed by atoms with van der Waals surface area (Å²) in [6, 6.07) is 0. The minimum Gasteiger partial charge on any atom is -0.458 e. The Morgan fingerprint density at radius 2 is 1.76 bits per heavy atom. The van der Waals surface area contributed by atoms with Gasteiger partial charge in [0.05, 0.1) is 11.7 Å². The first-order valence-corrected chi connectivity index (χ1v) is 12.3. The number of hydrogen-bond acceptors (Lipinski definition) is 4. The molecule has 0 amide bonds. The van der Waals surface area contributed by atoms with E-state index in [1.807, 2.05) is 0 Å². The van der Waals surface area contributed by atoms with Gasteiger partial charge in [0.25, 0.3) is 0 Å². The number of esters is 1. The molecule has 2 N–H and O–H groups in total. The predicted octanol–water partition coefficient (Wildman–Crippen LogP) is 3.54. The third-order valence-corrected chi connectivity index (χ3v) is 12.2. The highest BCUT2D eigenvalue weighted by molar-refractivity contribution is 5.73. The molecule has 7 aliphatic rings. The van der Waals surface area contributed by atoms with Crippen LogP contribution < -0.4 is 0 Å². The summed E-state index contributed by atoms with van der Waals surface area (Å²) in [5, 5.41) is 22.5. The summed E-state index contributed by atoms with van der Waals surface area (Å²) in [6.45, 7) is 7.19. The quantitative estimate of drug-likeness (QED) is 0.611. The van der Waals surface area contributed by atoms with Crippen LogP contribution in [0.3, 0.4) is 0 Å². The highest BCUT2D eigenvalue weighted by atomic mass is 16.6. The van der Waals surface area contributed by atoms with Crippen LogP contribution >= 0.6 is 0 Å². The summed E-state index contributed by atoms with van der Waals surface area (Å²) in [6.07, 6.45) is 7.12.